The van der Waals surface area contributed by atoms with E-state index in [4.69, 9.17) is 4.42 Å². The van der Waals surface area contributed by atoms with Crippen molar-refractivity contribution in [2.45, 2.75) is 13.3 Å². The van der Waals surface area contributed by atoms with E-state index >= 15 is 0 Å². The molecule has 1 fully saturated rings. The van der Waals surface area contributed by atoms with Crippen LogP contribution in [-0.4, -0.2) is 64.3 Å². The Balaban J connectivity index is 1.27. The Labute approximate surface area is 205 Å². The Morgan fingerprint density at radius 2 is 1.80 bits per heavy atom. The summed E-state index contributed by atoms with van der Waals surface area (Å²) in [5.41, 5.74) is 1.45. The number of nitrogens with one attached hydrogen (secondary N) is 1. The molecule has 0 unspecified atom stereocenters. The minimum absolute atomic E-state index is 0.0760. The zero-order valence-corrected chi connectivity index (χ0v) is 20.0. The van der Waals surface area contributed by atoms with Crippen molar-refractivity contribution in [3.8, 4) is 0 Å². The maximum atomic E-state index is 13.9. The van der Waals surface area contributed by atoms with Gasteiger partial charge in [-0.25, -0.2) is 14.4 Å². The number of nitrogens with zero attached hydrogens (tertiary/aromatic N) is 4. The zero-order valence-electron chi connectivity index (χ0n) is 19.2. The number of rotatable bonds is 6. The van der Waals surface area contributed by atoms with Gasteiger partial charge in [0, 0.05) is 32.7 Å². The number of benzene rings is 1. The number of amides is 2. The van der Waals surface area contributed by atoms with E-state index in [2.05, 4.69) is 15.3 Å². The number of hydrogen-bond acceptors (Lipinski definition) is 7. The Bertz CT molecular complexity index is 1360. The summed E-state index contributed by atoms with van der Waals surface area (Å²) in [6.07, 6.45) is 3.45. The Hall–Kier alpha value is -3.79. The monoisotopic (exact) mass is 493 g/mol. The van der Waals surface area contributed by atoms with E-state index in [1.165, 1.54) is 30.0 Å². The van der Waals surface area contributed by atoms with Crippen LogP contribution < -0.4 is 5.32 Å². The number of hydrogen-bond donors (Lipinski definition) is 1. The van der Waals surface area contributed by atoms with Crippen LogP contribution in [0, 0.1) is 12.7 Å². The van der Waals surface area contributed by atoms with Gasteiger partial charge in [0.05, 0.1) is 16.5 Å². The van der Waals surface area contributed by atoms with Crippen molar-refractivity contribution in [3.05, 3.63) is 76.6 Å². The number of thiophene rings is 1. The lowest BCUT2D eigenvalue weighted by atomic mass is 10.1. The van der Waals surface area contributed by atoms with Crippen LogP contribution in [0.1, 0.15) is 31.4 Å². The standard InChI is InChI=1S/C25H24FN5O3S/c1-16-20-22(27-9-8-17-5-2-3-6-18(17)26)28-15-29-23(20)35-21(16)25(33)31-12-10-30(11-13-31)24(32)19-7-4-14-34-19/h2-7,14-15H,8-13H2,1H3,(H,27,28,29). The number of fused-ring (bicyclic) bond motifs is 1. The Morgan fingerprint density at radius 1 is 1.06 bits per heavy atom. The smallest absolute Gasteiger partial charge is 0.289 e. The van der Waals surface area contributed by atoms with Gasteiger partial charge in [-0.2, -0.15) is 0 Å². The Morgan fingerprint density at radius 3 is 2.51 bits per heavy atom. The minimum Gasteiger partial charge on any atom is -0.459 e. The SMILES string of the molecule is Cc1c(C(=O)N2CCN(C(=O)c3ccco3)CC2)sc2ncnc(NCCc3ccccc3F)c12. The quantitative estimate of drug-likeness (QED) is 0.437. The second-order valence-electron chi connectivity index (χ2n) is 8.29. The molecule has 180 valence electrons. The van der Waals surface area contributed by atoms with Gasteiger partial charge >= 0.3 is 0 Å². The highest BCUT2D eigenvalue weighted by atomic mass is 32.1. The predicted molar refractivity (Wildman–Crippen MR) is 131 cm³/mol. The highest BCUT2D eigenvalue weighted by molar-refractivity contribution is 7.20. The van der Waals surface area contributed by atoms with Crippen molar-refractivity contribution >= 4 is 39.2 Å². The van der Waals surface area contributed by atoms with Gasteiger partial charge in [-0.15, -0.1) is 11.3 Å². The van der Waals surface area contributed by atoms with E-state index in [-0.39, 0.29) is 17.6 Å². The summed E-state index contributed by atoms with van der Waals surface area (Å²) in [7, 11) is 0. The third-order valence-electron chi connectivity index (χ3n) is 6.15. The molecule has 1 aliphatic rings. The lowest BCUT2D eigenvalue weighted by molar-refractivity contribution is 0.0520. The van der Waals surface area contributed by atoms with Gasteiger partial charge in [-0.1, -0.05) is 18.2 Å². The fourth-order valence-electron chi connectivity index (χ4n) is 4.24. The van der Waals surface area contributed by atoms with Crippen LogP contribution in [0.5, 0.6) is 0 Å². The van der Waals surface area contributed by atoms with Crippen molar-refractivity contribution in [3.63, 3.8) is 0 Å². The molecule has 0 bridgehead atoms. The van der Waals surface area contributed by atoms with Crippen LogP contribution in [0.25, 0.3) is 10.2 Å². The predicted octanol–water partition coefficient (Wildman–Crippen LogP) is 3.98. The second-order valence-corrected chi connectivity index (χ2v) is 9.29. The molecular formula is C25H24FN5O3S. The van der Waals surface area contributed by atoms with E-state index in [0.717, 1.165) is 15.8 Å². The fourth-order valence-corrected chi connectivity index (χ4v) is 5.36. The molecule has 0 saturated carbocycles. The van der Waals surface area contributed by atoms with Crippen LogP contribution >= 0.6 is 11.3 Å². The first-order chi connectivity index (χ1) is 17.0. The molecule has 0 atom stereocenters. The van der Waals surface area contributed by atoms with Crippen molar-refractivity contribution in [1.82, 2.24) is 19.8 Å². The van der Waals surface area contributed by atoms with Gasteiger partial charge in [0.1, 0.15) is 22.8 Å². The average Bonchev–Trinajstić information content (AvgIpc) is 3.53. The summed E-state index contributed by atoms with van der Waals surface area (Å²) < 4.78 is 19.1. The lowest BCUT2D eigenvalue weighted by Crippen LogP contribution is -2.50. The fraction of sp³-hybridized carbons (Fsp3) is 0.280. The number of furan rings is 1. The van der Waals surface area contributed by atoms with Gasteiger partial charge in [-0.05, 0) is 42.7 Å². The summed E-state index contributed by atoms with van der Waals surface area (Å²) in [4.78, 5) is 39.4. The molecular weight excluding hydrogens is 469 g/mol. The zero-order chi connectivity index (χ0) is 24.4. The summed E-state index contributed by atoms with van der Waals surface area (Å²) in [5.74, 6) is 0.467. The number of aryl methyl sites for hydroxylation is 1. The number of anilines is 1. The molecule has 0 spiro atoms. The third kappa shape index (κ3) is 4.61. The van der Waals surface area contributed by atoms with Crippen LogP contribution in [0.3, 0.4) is 0 Å². The molecule has 1 aromatic carbocycles. The van der Waals surface area contributed by atoms with Gasteiger partial charge in [0.2, 0.25) is 0 Å². The number of carbonyl (C=O) groups excluding carboxylic acids is 2. The maximum absolute atomic E-state index is 13.9. The highest BCUT2D eigenvalue weighted by Crippen LogP contribution is 2.34. The highest BCUT2D eigenvalue weighted by Gasteiger charge is 2.29. The second kappa shape index (κ2) is 9.83. The van der Waals surface area contributed by atoms with Crippen molar-refractivity contribution < 1.29 is 18.4 Å². The van der Waals surface area contributed by atoms with Crippen molar-refractivity contribution in [2.75, 3.05) is 38.0 Å². The third-order valence-corrected chi connectivity index (χ3v) is 7.34. The van der Waals surface area contributed by atoms with Gasteiger partial charge in [0.15, 0.2) is 5.76 Å². The molecule has 1 N–H and O–H groups in total. The molecule has 0 radical (unpaired) electrons. The largest absolute Gasteiger partial charge is 0.459 e. The number of carbonyl (C=O) groups is 2. The lowest BCUT2D eigenvalue weighted by Gasteiger charge is -2.34. The normalized spacial score (nSPS) is 13.9. The Kier molecular flexibility index (Phi) is 6.45. The van der Waals surface area contributed by atoms with Crippen LogP contribution in [0.15, 0.2) is 53.4 Å². The van der Waals surface area contributed by atoms with Crippen LogP contribution in [0.4, 0.5) is 10.2 Å². The van der Waals surface area contributed by atoms with Crippen LogP contribution in [-0.2, 0) is 6.42 Å². The first-order valence-corrected chi connectivity index (χ1v) is 12.2. The molecule has 1 saturated heterocycles. The van der Waals surface area contributed by atoms with E-state index in [9.17, 15) is 14.0 Å². The van der Waals surface area contributed by atoms with Gasteiger partial charge < -0.3 is 19.5 Å². The topological polar surface area (TPSA) is 91.6 Å². The molecule has 1 aliphatic heterocycles. The van der Waals surface area contributed by atoms with Crippen molar-refractivity contribution in [2.24, 2.45) is 0 Å². The van der Waals surface area contributed by atoms with E-state index in [1.54, 1.807) is 34.1 Å². The number of aromatic nitrogens is 2. The molecule has 35 heavy (non-hydrogen) atoms. The average molecular weight is 494 g/mol. The summed E-state index contributed by atoms with van der Waals surface area (Å²) >= 11 is 1.34. The summed E-state index contributed by atoms with van der Waals surface area (Å²) in [6.45, 7) is 4.16. The molecule has 8 nitrogen and oxygen atoms in total. The minimum atomic E-state index is -0.229. The first kappa shape index (κ1) is 23.0. The molecule has 4 heterocycles. The van der Waals surface area contributed by atoms with E-state index in [1.807, 2.05) is 13.0 Å². The van der Waals surface area contributed by atoms with Crippen molar-refractivity contribution in [1.29, 1.82) is 0 Å². The number of piperazine rings is 1. The van der Waals surface area contributed by atoms with Gasteiger partial charge in [-0.3, -0.25) is 9.59 Å². The molecule has 10 heteroatoms. The molecule has 5 rings (SSSR count). The van der Waals surface area contributed by atoms with E-state index < -0.39 is 0 Å². The first-order valence-electron chi connectivity index (χ1n) is 11.4. The molecule has 3 aromatic heterocycles. The summed E-state index contributed by atoms with van der Waals surface area (Å²) in [5, 5.41) is 4.09. The van der Waals surface area contributed by atoms with Gasteiger partial charge in [0.25, 0.3) is 11.8 Å². The number of halogens is 1. The maximum Gasteiger partial charge on any atom is 0.289 e. The van der Waals surface area contributed by atoms with Crippen LogP contribution in [0.2, 0.25) is 0 Å². The molecule has 4 aromatic rings. The summed E-state index contributed by atoms with van der Waals surface area (Å²) in [6, 6.07) is 10.0. The van der Waals surface area contributed by atoms with E-state index in [0.29, 0.717) is 61.2 Å². The molecule has 0 aliphatic carbocycles. The molecule has 2 amide bonds.